The first-order valence-electron chi connectivity index (χ1n) is 13.5. The van der Waals surface area contributed by atoms with Gasteiger partial charge in [0.15, 0.2) is 0 Å². The number of nitrogens with one attached hydrogen (secondary N) is 1. The Morgan fingerprint density at radius 1 is 1.07 bits per heavy atom. The lowest BCUT2D eigenvalue weighted by atomic mass is 10.1. The van der Waals surface area contributed by atoms with Gasteiger partial charge in [-0.05, 0) is 63.6 Å². The second-order valence-corrected chi connectivity index (χ2v) is 11.9. The van der Waals surface area contributed by atoms with Gasteiger partial charge in [0.05, 0.1) is 22.6 Å². The van der Waals surface area contributed by atoms with E-state index in [2.05, 4.69) is 5.32 Å². The van der Waals surface area contributed by atoms with E-state index in [1.807, 2.05) is 6.92 Å². The summed E-state index contributed by atoms with van der Waals surface area (Å²) >= 11 is 0. The van der Waals surface area contributed by atoms with Crippen LogP contribution in [0, 0.1) is 22.9 Å². The highest BCUT2D eigenvalue weighted by atomic mass is 32.2. The molecule has 0 aromatic heterocycles. The number of nitrogens with zero attached hydrogens (tertiary/aromatic N) is 3. The van der Waals surface area contributed by atoms with Gasteiger partial charge < -0.3 is 15.0 Å². The van der Waals surface area contributed by atoms with Gasteiger partial charge >= 0.3 is 0 Å². The molecule has 0 aliphatic rings. The maximum absolute atomic E-state index is 14.7. The number of carbonyl (C=O) groups excluding carboxylic acids is 2. The van der Waals surface area contributed by atoms with Crippen LogP contribution in [0.5, 0.6) is 5.75 Å². The van der Waals surface area contributed by atoms with Crippen LogP contribution in [-0.4, -0.2) is 55.8 Å². The van der Waals surface area contributed by atoms with Crippen LogP contribution in [0.15, 0.2) is 71.6 Å². The van der Waals surface area contributed by atoms with Crippen LogP contribution in [-0.2, 0) is 26.2 Å². The molecule has 3 aromatic carbocycles. The summed E-state index contributed by atoms with van der Waals surface area (Å²) in [5.74, 6) is -1.46. The number of ether oxygens (including phenoxy) is 1. The summed E-state index contributed by atoms with van der Waals surface area (Å²) in [6, 6.07) is 13.8. The fraction of sp³-hybridized carbons (Fsp3) is 0.333. The minimum Gasteiger partial charge on any atom is -0.497 e. The number of benzene rings is 3. The average molecular weight is 615 g/mol. The molecule has 43 heavy (non-hydrogen) atoms. The second-order valence-electron chi connectivity index (χ2n) is 10.0. The standard InChI is InChI=1S/C30H35FN4O7S/c1-6-21(3)32-30(37)22(4)33(18-23-9-7-8-10-27(23)31)29(36)19-34(24-12-14-25(42-5)15-13-24)43(40,41)26-16-11-20(2)28(17-26)35(38)39/h7-17,21-22H,6,18-19H2,1-5H3,(H,32,37)/t21-,22+/m0/s1. The molecule has 0 heterocycles. The quantitative estimate of drug-likeness (QED) is 0.220. The molecule has 13 heteroatoms. The van der Waals surface area contributed by atoms with Crippen molar-refractivity contribution < 1.29 is 32.1 Å². The molecule has 230 valence electrons. The molecule has 0 aliphatic carbocycles. The van der Waals surface area contributed by atoms with Crippen molar-refractivity contribution >= 4 is 33.2 Å². The first-order valence-corrected chi connectivity index (χ1v) is 15.0. The molecule has 3 rings (SSSR count). The highest BCUT2D eigenvalue weighted by molar-refractivity contribution is 7.92. The van der Waals surface area contributed by atoms with Crippen molar-refractivity contribution in [2.75, 3.05) is 18.0 Å². The molecule has 0 fully saturated rings. The highest BCUT2D eigenvalue weighted by Crippen LogP contribution is 2.29. The van der Waals surface area contributed by atoms with Crippen LogP contribution >= 0.6 is 0 Å². The Bertz CT molecular complexity index is 1580. The Balaban J connectivity index is 2.10. The van der Waals surface area contributed by atoms with E-state index < -0.39 is 55.7 Å². The molecule has 0 bridgehead atoms. The lowest BCUT2D eigenvalue weighted by Gasteiger charge is -2.32. The van der Waals surface area contributed by atoms with E-state index in [-0.39, 0.29) is 29.4 Å². The third-order valence-corrected chi connectivity index (χ3v) is 8.84. The summed E-state index contributed by atoms with van der Waals surface area (Å²) in [6.07, 6.45) is 0.631. The summed E-state index contributed by atoms with van der Waals surface area (Å²) in [7, 11) is -3.12. The van der Waals surface area contributed by atoms with E-state index in [0.717, 1.165) is 15.3 Å². The van der Waals surface area contributed by atoms with Gasteiger partial charge in [-0.25, -0.2) is 12.8 Å². The number of hydrogen-bond donors (Lipinski definition) is 1. The smallest absolute Gasteiger partial charge is 0.273 e. The Kier molecular flexibility index (Phi) is 10.8. The van der Waals surface area contributed by atoms with Crippen molar-refractivity contribution in [2.45, 2.75) is 57.6 Å². The zero-order valence-corrected chi connectivity index (χ0v) is 25.4. The molecule has 11 nitrogen and oxygen atoms in total. The number of anilines is 1. The first kappa shape index (κ1) is 33.0. The Morgan fingerprint density at radius 2 is 1.72 bits per heavy atom. The lowest BCUT2D eigenvalue weighted by molar-refractivity contribution is -0.385. The highest BCUT2D eigenvalue weighted by Gasteiger charge is 2.34. The molecule has 0 unspecified atom stereocenters. The predicted molar refractivity (Wildman–Crippen MR) is 160 cm³/mol. The van der Waals surface area contributed by atoms with Crippen LogP contribution in [0.4, 0.5) is 15.8 Å². The molecule has 0 saturated heterocycles. The molecular weight excluding hydrogens is 579 g/mol. The number of sulfonamides is 1. The molecule has 0 aliphatic heterocycles. The molecule has 0 spiro atoms. The SMILES string of the molecule is CC[C@H](C)NC(=O)[C@@H](C)N(Cc1ccccc1F)C(=O)CN(c1ccc(OC)cc1)S(=O)(=O)c1ccc(C)c([N+](=O)[O-])c1. The maximum Gasteiger partial charge on any atom is 0.273 e. The number of nitro groups is 1. The van der Waals surface area contributed by atoms with Gasteiger partial charge in [-0.2, -0.15) is 0 Å². The number of rotatable bonds is 13. The minimum absolute atomic E-state index is 0.0694. The minimum atomic E-state index is -4.56. The second kappa shape index (κ2) is 14.1. The van der Waals surface area contributed by atoms with Gasteiger partial charge in [0.1, 0.15) is 24.2 Å². The fourth-order valence-electron chi connectivity index (χ4n) is 4.21. The molecule has 2 atom stereocenters. The van der Waals surface area contributed by atoms with E-state index in [1.165, 1.54) is 75.6 Å². The lowest BCUT2D eigenvalue weighted by Crippen LogP contribution is -2.52. The van der Waals surface area contributed by atoms with E-state index in [0.29, 0.717) is 12.2 Å². The van der Waals surface area contributed by atoms with Gasteiger partial charge in [-0.15, -0.1) is 0 Å². The number of hydrogen-bond acceptors (Lipinski definition) is 7. The third kappa shape index (κ3) is 7.86. The Hall–Kier alpha value is -4.52. The number of nitro benzene ring substituents is 1. The average Bonchev–Trinajstić information content (AvgIpc) is 2.98. The van der Waals surface area contributed by atoms with E-state index in [1.54, 1.807) is 13.0 Å². The van der Waals surface area contributed by atoms with Gasteiger partial charge in [0.2, 0.25) is 11.8 Å². The monoisotopic (exact) mass is 614 g/mol. The van der Waals surface area contributed by atoms with Gasteiger partial charge in [0.25, 0.3) is 15.7 Å². The van der Waals surface area contributed by atoms with Crippen molar-refractivity contribution in [3.8, 4) is 5.75 Å². The van der Waals surface area contributed by atoms with Crippen molar-refractivity contribution in [2.24, 2.45) is 0 Å². The van der Waals surface area contributed by atoms with Gasteiger partial charge in [-0.3, -0.25) is 24.0 Å². The maximum atomic E-state index is 14.7. The first-order chi connectivity index (χ1) is 20.3. The summed E-state index contributed by atoms with van der Waals surface area (Å²) in [5.41, 5.74) is 0.0545. The third-order valence-electron chi connectivity index (χ3n) is 7.07. The van der Waals surface area contributed by atoms with Crippen LogP contribution in [0.1, 0.15) is 38.3 Å². The van der Waals surface area contributed by atoms with E-state index >= 15 is 0 Å². The molecule has 0 saturated carbocycles. The molecule has 3 aromatic rings. The van der Waals surface area contributed by atoms with E-state index in [9.17, 15) is 32.5 Å². The number of halogens is 1. The van der Waals surface area contributed by atoms with Gasteiger partial charge in [-0.1, -0.05) is 31.2 Å². The summed E-state index contributed by atoms with van der Waals surface area (Å²) < 4.78 is 48.6. The van der Waals surface area contributed by atoms with Crippen molar-refractivity contribution in [1.82, 2.24) is 10.2 Å². The molecular formula is C30H35FN4O7S. The van der Waals surface area contributed by atoms with Crippen molar-refractivity contribution in [3.63, 3.8) is 0 Å². The predicted octanol–water partition coefficient (Wildman–Crippen LogP) is 4.58. The zero-order valence-electron chi connectivity index (χ0n) is 24.6. The van der Waals surface area contributed by atoms with Crippen molar-refractivity contribution in [1.29, 1.82) is 0 Å². The number of amides is 2. The summed E-state index contributed by atoms with van der Waals surface area (Å²) in [6.45, 7) is 5.54. The zero-order chi connectivity index (χ0) is 31.9. The molecule has 0 radical (unpaired) electrons. The molecule has 2 amide bonds. The Labute approximate surface area is 250 Å². The van der Waals surface area contributed by atoms with Crippen molar-refractivity contribution in [3.05, 3.63) is 93.8 Å². The Morgan fingerprint density at radius 3 is 2.30 bits per heavy atom. The normalized spacial score (nSPS) is 12.6. The van der Waals surface area contributed by atoms with Crippen LogP contribution in [0.3, 0.4) is 0 Å². The number of methoxy groups -OCH3 is 1. The van der Waals surface area contributed by atoms with Crippen LogP contribution < -0.4 is 14.4 Å². The number of aryl methyl sites for hydroxylation is 1. The van der Waals surface area contributed by atoms with E-state index in [4.69, 9.17) is 4.74 Å². The van der Waals surface area contributed by atoms with Gasteiger partial charge in [0, 0.05) is 29.8 Å². The number of carbonyl (C=O) groups is 2. The fourth-order valence-corrected chi connectivity index (χ4v) is 5.64. The summed E-state index contributed by atoms with van der Waals surface area (Å²) in [4.78, 5) is 38.6. The van der Waals surface area contributed by atoms with Crippen LogP contribution in [0.25, 0.3) is 0 Å². The summed E-state index contributed by atoms with van der Waals surface area (Å²) in [5, 5.41) is 14.4. The topological polar surface area (TPSA) is 139 Å². The molecule has 1 N–H and O–H groups in total. The largest absolute Gasteiger partial charge is 0.497 e. The van der Waals surface area contributed by atoms with Crippen LogP contribution in [0.2, 0.25) is 0 Å².